The van der Waals surface area contributed by atoms with Crippen molar-refractivity contribution in [3.8, 4) is 0 Å². The van der Waals surface area contributed by atoms with Crippen LogP contribution in [0, 0.1) is 11.8 Å². The van der Waals surface area contributed by atoms with Gasteiger partial charge in [0.25, 0.3) is 0 Å². The second-order valence-electron chi connectivity index (χ2n) is 5.48. The minimum absolute atomic E-state index is 0.0383. The van der Waals surface area contributed by atoms with Gasteiger partial charge < -0.3 is 20.1 Å². The summed E-state index contributed by atoms with van der Waals surface area (Å²) in [6.45, 7) is 7.60. The van der Waals surface area contributed by atoms with Crippen molar-refractivity contribution in [1.29, 1.82) is 0 Å². The molecule has 2 aliphatic heterocycles. The third kappa shape index (κ3) is 2.90. The largest absolute Gasteiger partial charge is 0.391 e. The summed E-state index contributed by atoms with van der Waals surface area (Å²) in [5.41, 5.74) is 5.60. The SMILES string of the molecule is CC1OC(C)C(C(=O)N2CCOC(C(N)=S)C2)C1C. The Kier molecular flexibility index (Phi) is 4.43. The minimum Gasteiger partial charge on any atom is -0.391 e. The molecule has 0 aromatic carbocycles. The van der Waals surface area contributed by atoms with Gasteiger partial charge >= 0.3 is 0 Å². The summed E-state index contributed by atoms with van der Waals surface area (Å²) in [7, 11) is 0. The Morgan fingerprint density at radius 3 is 2.53 bits per heavy atom. The van der Waals surface area contributed by atoms with Gasteiger partial charge in [-0.05, 0) is 19.8 Å². The van der Waals surface area contributed by atoms with Crippen molar-refractivity contribution in [1.82, 2.24) is 4.90 Å². The zero-order valence-electron chi connectivity index (χ0n) is 11.7. The van der Waals surface area contributed by atoms with E-state index < -0.39 is 0 Å². The van der Waals surface area contributed by atoms with Crippen LogP contribution in [0.2, 0.25) is 0 Å². The molecule has 0 spiro atoms. The highest BCUT2D eigenvalue weighted by Crippen LogP contribution is 2.33. The number of hydrogen-bond acceptors (Lipinski definition) is 4. The molecule has 0 aliphatic carbocycles. The highest BCUT2D eigenvalue weighted by Gasteiger charge is 2.44. The highest BCUT2D eigenvalue weighted by molar-refractivity contribution is 7.80. The Balaban J connectivity index is 2.05. The molecule has 2 fully saturated rings. The Morgan fingerprint density at radius 1 is 1.32 bits per heavy atom. The van der Waals surface area contributed by atoms with Crippen molar-refractivity contribution < 1.29 is 14.3 Å². The first-order valence-electron chi connectivity index (χ1n) is 6.77. The molecule has 1 amide bonds. The number of hydrogen-bond donors (Lipinski definition) is 1. The molecule has 5 unspecified atom stereocenters. The molecule has 2 heterocycles. The Bertz CT molecular complexity index is 377. The van der Waals surface area contributed by atoms with Gasteiger partial charge in [0.2, 0.25) is 5.91 Å². The van der Waals surface area contributed by atoms with Crippen molar-refractivity contribution in [2.24, 2.45) is 17.6 Å². The molecule has 19 heavy (non-hydrogen) atoms. The average Bonchev–Trinajstić information content (AvgIpc) is 2.62. The van der Waals surface area contributed by atoms with Gasteiger partial charge in [-0.15, -0.1) is 0 Å². The second-order valence-corrected chi connectivity index (χ2v) is 5.95. The third-order valence-electron chi connectivity index (χ3n) is 4.22. The Labute approximate surface area is 119 Å². The molecular formula is C13H22N2O3S. The van der Waals surface area contributed by atoms with E-state index in [0.717, 1.165) is 0 Å². The van der Waals surface area contributed by atoms with Crippen molar-refractivity contribution in [3.05, 3.63) is 0 Å². The van der Waals surface area contributed by atoms with Crippen molar-refractivity contribution >= 4 is 23.1 Å². The van der Waals surface area contributed by atoms with Crippen LogP contribution in [0.5, 0.6) is 0 Å². The molecule has 0 bridgehead atoms. The van der Waals surface area contributed by atoms with E-state index in [1.807, 2.05) is 18.7 Å². The summed E-state index contributed by atoms with van der Waals surface area (Å²) >= 11 is 4.94. The maximum atomic E-state index is 12.6. The first-order valence-corrected chi connectivity index (χ1v) is 7.17. The van der Waals surface area contributed by atoms with Crippen molar-refractivity contribution in [2.75, 3.05) is 19.7 Å². The normalized spacial score (nSPS) is 39.3. The van der Waals surface area contributed by atoms with E-state index in [1.165, 1.54) is 0 Å². The zero-order valence-corrected chi connectivity index (χ0v) is 12.5. The summed E-state index contributed by atoms with van der Waals surface area (Å²) in [5.74, 6) is 0.280. The van der Waals surface area contributed by atoms with Crippen LogP contribution in [0.4, 0.5) is 0 Å². The van der Waals surface area contributed by atoms with Gasteiger partial charge in [0.15, 0.2) is 0 Å². The fraction of sp³-hybridized carbons (Fsp3) is 0.846. The topological polar surface area (TPSA) is 64.8 Å². The number of carbonyl (C=O) groups is 1. The van der Waals surface area contributed by atoms with Crippen LogP contribution in [0.1, 0.15) is 20.8 Å². The molecule has 108 valence electrons. The third-order valence-corrected chi connectivity index (χ3v) is 4.49. The number of ether oxygens (including phenoxy) is 2. The van der Waals surface area contributed by atoms with Gasteiger partial charge in [-0.1, -0.05) is 19.1 Å². The molecule has 2 rings (SSSR count). The lowest BCUT2D eigenvalue weighted by Crippen LogP contribution is -2.52. The van der Waals surface area contributed by atoms with Crippen LogP contribution in [0.3, 0.4) is 0 Å². The number of nitrogens with two attached hydrogens (primary N) is 1. The summed E-state index contributed by atoms with van der Waals surface area (Å²) < 4.78 is 11.2. The van der Waals surface area contributed by atoms with Crippen LogP contribution in [0.25, 0.3) is 0 Å². The van der Waals surface area contributed by atoms with E-state index >= 15 is 0 Å². The summed E-state index contributed by atoms with van der Waals surface area (Å²) in [6.07, 6.45) is -0.238. The Hall–Kier alpha value is -0.720. The summed E-state index contributed by atoms with van der Waals surface area (Å²) in [6, 6.07) is 0. The fourth-order valence-corrected chi connectivity index (χ4v) is 3.07. The standard InChI is InChI=1S/C13H22N2O3S/c1-7-8(2)18-9(3)11(7)13(16)15-4-5-17-10(6-15)12(14)19/h7-11H,4-6H2,1-3H3,(H2,14,19). The summed E-state index contributed by atoms with van der Waals surface area (Å²) in [4.78, 5) is 14.8. The Morgan fingerprint density at radius 2 is 2.00 bits per heavy atom. The number of rotatable bonds is 2. The lowest BCUT2D eigenvalue weighted by Gasteiger charge is -2.35. The number of morpholine rings is 1. The van der Waals surface area contributed by atoms with Crippen molar-refractivity contribution in [2.45, 2.75) is 39.1 Å². The van der Waals surface area contributed by atoms with E-state index in [2.05, 4.69) is 6.92 Å². The van der Waals surface area contributed by atoms with Gasteiger partial charge in [0, 0.05) is 6.54 Å². The summed E-state index contributed by atoms with van der Waals surface area (Å²) in [5, 5.41) is 0. The zero-order chi connectivity index (χ0) is 14.2. The van der Waals surface area contributed by atoms with Gasteiger partial charge in [0.1, 0.15) is 11.1 Å². The number of thiocarbonyl (C=S) groups is 1. The maximum Gasteiger partial charge on any atom is 0.228 e. The van der Waals surface area contributed by atoms with Gasteiger partial charge in [0.05, 0.1) is 31.3 Å². The molecule has 0 aromatic rings. The lowest BCUT2D eigenvalue weighted by molar-refractivity contribution is -0.143. The van der Waals surface area contributed by atoms with Crippen LogP contribution < -0.4 is 5.73 Å². The molecule has 0 saturated carbocycles. The molecule has 2 N–H and O–H groups in total. The van der Waals surface area contributed by atoms with E-state index in [0.29, 0.717) is 24.7 Å². The molecule has 2 aliphatic rings. The van der Waals surface area contributed by atoms with E-state index in [4.69, 9.17) is 27.4 Å². The minimum atomic E-state index is -0.321. The van der Waals surface area contributed by atoms with Crippen LogP contribution in [-0.4, -0.2) is 53.8 Å². The predicted molar refractivity (Wildman–Crippen MR) is 75.8 cm³/mol. The molecule has 0 aromatic heterocycles. The van der Waals surface area contributed by atoms with E-state index in [1.54, 1.807) is 0 Å². The van der Waals surface area contributed by atoms with E-state index in [-0.39, 0.29) is 36.1 Å². The smallest absolute Gasteiger partial charge is 0.228 e. The van der Waals surface area contributed by atoms with Crippen LogP contribution in [0.15, 0.2) is 0 Å². The maximum absolute atomic E-state index is 12.6. The molecular weight excluding hydrogens is 264 g/mol. The molecule has 2 saturated heterocycles. The van der Waals surface area contributed by atoms with E-state index in [9.17, 15) is 4.79 Å². The number of nitrogens with zero attached hydrogens (tertiary/aromatic N) is 1. The first kappa shape index (κ1) is 14.7. The number of amides is 1. The van der Waals surface area contributed by atoms with Gasteiger partial charge in [-0.2, -0.15) is 0 Å². The van der Waals surface area contributed by atoms with Crippen molar-refractivity contribution in [3.63, 3.8) is 0 Å². The lowest BCUT2D eigenvalue weighted by atomic mass is 9.88. The first-order chi connectivity index (χ1) is 8.91. The molecule has 0 radical (unpaired) electrons. The highest BCUT2D eigenvalue weighted by atomic mass is 32.1. The number of carbonyl (C=O) groups excluding carboxylic acids is 1. The fourth-order valence-electron chi connectivity index (χ4n) is 2.92. The molecule has 6 heteroatoms. The predicted octanol–water partition coefficient (Wildman–Crippen LogP) is 0.559. The van der Waals surface area contributed by atoms with Gasteiger partial charge in [-0.25, -0.2) is 0 Å². The van der Waals surface area contributed by atoms with Crippen LogP contribution >= 0.6 is 12.2 Å². The monoisotopic (exact) mass is 286 g/mol. The average molecular weight is 286 g/mol. The van der Waals surface area contributed by atoms with Gasteiger partial charge in [-0.3, -0.25) is 4.79 Å². The second kappa shape index (κ2) is 5.73. The van der Waals surface area contributed by atoms with Crippen LogP contribution in [-0.2, 0) is 14.3 Å². The molecule has 5 nitrogen and oxygen atoms in total. The quantitative estimate of drug-likeness (QED) is 0.751. The molecule has 5 atom stereocenters.